The highest BCUT2D eigenvalue weighted by Crippen LogP contribution is 2.33. The third-order valence-electron chi connectivity index (χ3n) is 5.49. The van der Waals surface area contributed by atoms with Gasteiger partial charge in [-0.2, -0.15) is 0 Å². The van der Waals surface area contributed by atoms with Crippen LogP contribution in [-0.2, 0) is 16.1 Å². The van der Waals surface area contributed by atoms with E-state index in [2.05, 4.69) is 22.4 Å². The molecule has 0 N–H and O–H groups in total. The zero-order valence-electron chi connectivity index (χ0n) is 16.0. The van der Waals surface area contributed by atoms with E-state index in [1.165, 1.54) is 4.88 Å². The Kier molecular flexibility index (Phi) is 5.64. The van der Waals surface area contributed by atoms with Gasteiger partial charge in [-0.1, -0.05) is 18.2 Å². The fourth-order valence-electron chi connectivity index (χ4n) is 3.97. The zero-order chi connectivity index (χ0) is 19.5. The average molecular weight is 400 g/mol. The second kappa shape index (κ2) is 8.32. The number of carbonyl (C=O) groups excluding carboxylic acids is 2. The van der Waals surface area contributed by atoms with Crippen LogP contribution in [0.4, 0.5) is 5.69 Å². The van der Waals surface area contributed by atoms with Gasteiger partial charge in [0.2, 0.25) is 11.8 Å². The highest BCUT2D eigenvalue weighted by molar-refractivity contribution is 7.09. The van der Waals surface area contributed by atoms with Gasteiger partial charge in [0.25, 0.3) is 0 Å². The van der Waals surface area contributed by atoms with Gasteiger partial charge in [-0.25, -0.2) is 0 Å². The molecule has 2 amide bonds. The van der Waals surface area contributed by atoms with E-state index in [-0.39, 0.29) is 24.2 Å². The van der Waals surface area contributed by atoms with Crippen LogP contribution >= 0.6 is 11.3 Å². The minimum absolute atomic E-state index is 0.0146. The van der Waals surface area contributed by atoms with Gasteiger partial charge >= 0.3 is 0 Å². The largest absolute Gasteiger partial charge is 0.495 e. The summed E-state index contributed by atoms with van der Waals surface area (Å²) >= 11 is 1.77. The van der Waals surface area contributed by atoms with Crippen LogP contribution in [0.5, 0.6) is 5.75 Å². The number of rotatable bonds is 5. The third kappa shape index (κ3) is 3.91. The van der Waals surface area contributed by atoms with Crippen LogP contribution in [0.2, 0.25) is 0 Å². The lowest BCUT2D eigenvalue weighted by atomic mass is 10.1. The van der Waals surface area contributed by atoms with E-state index in [0.717, 1.165) is 38.4 Å². The molecule has 0 spiro atoms. The molecule has 0 aliphatic carbocycles. The van der Waals surface area contributed by atoms with Crippen molar-refractivity contribution in [2.75, 3.05) is 44.7 Å². The molecule has 0 bridgehead atoms. The maximum atomic E-state index is 13.0. The van der Waals surface area contributed by atoms with Gasteiger partial charge < -0.3 is 14.5 Å². The molecule has 3 heterocycles. The normalized spacial score (nSPS) is 20.6. The molecule has 1 aromatic heterocycles. The highest BCUT2D eigenvalue weighted by atomic mass is 32.1. The van der Waals surface area contributed by atoms with Crippen molar-refractivity contribution in [1.29, 1.82) is 0 Å². The number of benzene rings is 1. The number of para-hydroxylation sites is 2. The third-order valence-corrected chi connectivity index (χ3v) is 6.35. The van der Waals surface area contributed by atoms with Gasteiger partial charge in [-0.15, -0.1) is 11.3 Å². The van der Waals surface area contributed by atoms with Crippen LogP contribution in [-0.4, -0.2) is 61.4 Å². The SMILES string of the molecule is COc1ccccc1N1C[C@@H](C(=O)N2CCN(Cc3cccs3)CC2)CC1=O. The molecule has 2 aliphatic heterocycles. The predicted molar refractivity (Wildman–Crippen MR) is 110 cm³/mol. The summed E-state index contributed by atoms with van der Waals surface area (Å²) in [6.45, 7) is 4.57. The molecule has 1 aromatic carbocycles. The molecular formula is C21H25N3O3S. The van der Waals surface area contributed by atoms with E-state index in [0.29, 0.717) is 12.3 Å². The van der Waals surface area contributed by atoms with Crippen molar-refractivity contribution in [2.24, 2.45) is 5.92 Å². The smallest absolute Gasteiger partial charge is 0.228 e. The number of methoxy groups -OCH3 is 1. The van der Waals surface area contributed by atoms with E-state index < -0.39 is 0 Å². The maximum absolute atomic E-state index is 13.0. The monoisotopic (exact) mass is 399 g/mol. The summed E-state index contributed by atoms with van der Waals surface area (Å²) in [6, 6.07) is 11.7. The second-order valence-electron chi connectivity index (χ2n) is 7.26. The lowest BCUT2D eigenvalue weighted by Crippen LogP contribution is -2.50. The van der Waals surface area contributed by atoms with Gasteiger partial charge in [-0.3, -0.25) is 14.5 Å². The molecular weight excluding hydrogens is 374 g/mol. The summed E-state index contributed by atoms with van der Waals surface area (Å²) in [5.74, 6) is 0.466. The molecule has 0 radical (unpaired) electrons. The first-order valence-corrected chi connectivity index (χ1v) is 10.5. The molecule has 1 atom stereocenters. The first-order chi connectivity index (χ1) is 13.7. The fourth-order valence-corrected chi connectivity index (χ4v) is 4.71. The van der Waals surface area contributed by atoms with Crippen LogP contribution < -0.4 is 9.64 Å². The minimum atomic E-state index is -0.277. The molecule has 4 rings (SSSR count). The summed E-state index contributed by atoms with van der Waals surface area (Å²) in [7, 11) is 1.59. The number of ether oxygens (including phenoxy) is 1. The number of hydrogen-bond donors (Lipinski definition) is 0. The molecule has 2 fully saturated rings. The number of amides is 2. The highest BCUT2D eigenvalue weighted by Gasteiger charge is 2.38. The van der Waals surface area contributed by atoms with Crippen LogP contribution in [0.25, 0.3) is 0 Å². The van der Waals surface area contributed by atoms with E-state index >= 15 is 0 Å². The topological polar surface area (TPSA) is 53.1 Å². The average Bonchev–Trinajstić information content (AvgIpc) is 3.37. The number of nitrogens with zero attached hydrogens (tertiary/aromatic N) is 3. The van der Waals surface area contributed by atoms with Gasteiger partial charge in [0.15, 0.2) is 0 Å². The molecule has 2 aliphatic rings. The van der Waals surface area contributed by atoms with Crippen LogP contribution in [0.3, 0.4) is 0 Å². The van der Waals surface area contributed by atoms with Crippen molar-refractivity contribution >= 4 is 28.8 Å². The summed E-state index contributed by atoms with van der Waals surface area (Å²) < 4.78 is 5.38. The van der Waals surface area contributed by atoms with Crippen LogP contribution in [0.15, 0.2) is 41.8 Å². The zero-order valence-corrected chi connectivity index (χ0v) is 16.9. The summed E-state index contributed by atoms with van der Waals surface area (Å²) in [5, 5.41) is 2.10. The summed E-state index contributed by atoms with van der Waals surface area (Å²) in [4.78, 5) is 32.9. The first kappa shape index (κ1) is 19.0. The fraction of sp³-hybridized carbons (Fsp3) is 0.429. The van der Waals surface area contributed by atoms with Crippen LogP contribution in [0.1, 0.15) is 11.3 Å². The van der Waals surface area contributed by atoms with Crippen molar-refractivity contribution < 1.29 is 14.3 Å². The Bertz CT molecular complexity index is 831. The van der Waals surface area contributed by atoms with E-state index in [4.69, 9.17) is 4.74 Å². The molecule has 0 saturated carbocycles. The second-order valence-corrected chi connectivity index (χ2v) is 8.29. The molecule has 2 aromatic rings. The minimum Gasteiger partial charge on any atom is -0.495 e. The quantitative estimate of drug-likeness (QED) is 0.775. The van der Waals surface area contributed by atoms with Crippen LogP contribution in [0, 0.1) is 5.92 Å². The molecule has 148 valence electrons. The van der Waals surface area contributed by atoms with E-state index in [1.54, 1.807) is 23.3 Å². The molecule has 28 heavy (non-hydrogen) atoms. The van der Waals surface area contributed by atoms with Gasteiger partial charge in [-0.05, 0) is 23.6 Å². The number of hydrogen-bond acceptors (Lipinski definition) is 5. The Balaban J connectivity index is 1.35. The van der Waals surface area contributed by atoms with E-state index in [9.17, 15) is 9.59 Å². The Morgan fingerprint density at radius 3 is 2.64 bits per heavy atom. The van der Waals surface area contributed by atoms with Gasteiger partial charge in [0, 0.05) is 50.6 Å². The van der Waals surface area contributed by atoms with Gasteiger partial charge in [0.1, 0.15) is 5.75 Å². The Morgan fingerprint density at radius 1 is 1.14 bits per heavy atom. The predicted octanol–water partition coefficient (Wildman–Crippen LogP) is 2.45. The number of thiophene rings is 1. The first-order valence-electron chi connectivity index (χ1n) is 9.62. The summed E-state index contributed by atoms with van der Waals surface area (Å²) in [6.07, 6.45) is 0.270. The molecule has 2 saturated heterocycles. The Labute approximate surface area is 169 Å². The number of piperazine rings is 1. The Morgan fingerprint density at radius 2 is 1.93 bits per heavy atom. The van der Waals surface area contributed by atoms with Crippen molar-refractivity contribution in [1.82, 2.24) is 9.80 Å². The maximum Gasteiger partial charge on any atom is 0.228 e. The van der Waals surface area contributed by atoms with Crippen molar-refractivity contribution in [3.63, 3.8) is 0 Å². The van der Waals surface area contributed by atoms with Crippen molar-refractivity contribution in [3.05, 3.63) is 46.7 Å². The standard InChI is InChI=1S/C21H25N3O3S/c1-27-19-7-3-2-6-18(19)24-14-16(13-20(24)25)21(26)23-10-8-22(9-11-23)15-17-5-4-12-28-17/h2-7,12,16H,8-11,13-15H2,1H3/t16-/m0/s1. The van der Waals surface area contributed by atoms with Gasteiger partial charge in [0.05, 0.1) is 18.7 Å². The molecule has 7 heteroatoms. The number of carbonyl (C=O) groups is 2. The summed E-state index contributed by atoms with van der Waals surface area (Å²) in [5.41, 5.74) is 0.742. The lowest BCUT2D eigenvalue weighted by molar-refractivity contribution is -0.137. The van der Waals surface area contributed by atoms with Crippen molar-refractivity contribution in [3.8, 4) is 5.75 Å². The van der Waals surface area contributed by atoms with E-state index in [1.807, 2.05) is 29.2 Å². The lowest BCUT2D eigenvalue weighted by Gasteiger charge is -2.35. The Hall–Kier alpha value is -2.38. The number of anilines is 1. The molecule has 6 nitrogen and oxygen atoms in total. The van der Waals surface area contributed by atoms with Crippen molar-refractivity contribution in [2.45, 2.75) is 13.0 Å². The molecule has 0 unspecified atom stereocenters.